The lowest BCUT2D eigenvalue weighted by molar-refractivity contribution is 0.0184. The topological polar surface area (TPSA) is 42.4 Å². The summed E-state index contributed by atoms with van der Waals surface area (Å²) in [6.45, 7) is 7.25. The SMILES string of the molecule is CC(C)(C)OC(=O)N1CCC(Cc2ccc(Br)cn2)CC1. The van der Waals surface area contributed by atoms with Crippen molar-refractivity contribution >= 4 is 22.0 Å². The molecule has 1 aliphatic rings. The minimum atomic E-state index is -0.421. The van der Waals surface area contributed by atoms with Crippen LogP contribution in [0.15, 0.2) is 22.8 Å². The number of carbonyl (C=O) groups is 1. The van der Waals surface area contributed by atoms with E-state index >= 15 is 0 Å². The molecule has 1 amide bonds. The van der Waals surface area contributed by atoms with Crippen LogP contribution >= 0.6 is 15.9 Å². The van der Waals surface area contributed by atoms with Crippen LogP contribution < -0.4 is 0 Å². The third-order valence-corrected chi connectivity index (χ3v) is 4.02. The van der Waals surface area contributed by atoms with Gasteiger partial charge in [0.05, 0.1) is 0 Å². The summed E-state index contributed by atoms with van der Waals surface area (Å²) in [5, 5.41) is 0. The number of hydrogen-bond donors (Lipinski definition) is 0. The Morgan fingerprint density at radius 2 is 2.05 bits per heavy atom. The lowest BCUT2D eigenvalue weighted by atomic mass is 9.92. The minimum Gasteiger partial charge on any atom is -0.444 e. The van der Waals surface area contributed by atoms with Gasteiger partial charge in [0.2, 0.25) is 0 Å². The molecule has 0 bridgehead atoms. The van der Waals surface area contributed by atoms with Gasteiger partial charge in [-0.15, -0.1) is 0 Å². The number of rotatable bonds is 2. The lowest BCUT2D eigenvalue weighted by Gasteiger charge is -2.33. The largest absolute Gasteiger partial charge is 0.444 e. The molecule has 2 rings (SSSR count). The highest BCUT2D eigenvalue weighted by Gasteiger charge is 2.26. The number of likely N-dealkylation sites (tertiary alicyclic amines) is 1. The molecule has 0 saturated carbocycles. The van der Waals surface area contributed by atoms with Crippen molar-refractivity contribution in [2.75, 3.05) is 13.1 Å². The third-order valence-electron chi connectivity index (χ3n) is 3.55. The summed E-state index contributed by atoms with van der Waals surface area (Å²) in [5.41, 5.74) is 0.698. The molecule has 1 aliphatic heterocycles. The minimum absolute atomic E-state index is 0.192. The molecule has 0 spiro atoms. The average Bonchev–Trinajstić information content (AvgIpc) is 2.40. The van der Waals surface area contributed by atoms with Crippen LogP contribution in [0.25, 0.3) is 0 Å². The standard InChI is InChI=1S/C16H23BrN2O2/c1-16(2,3)21-15(20)19-8-6-12(7-9-19)10-14-5-4-13(17)11-18-14/h4-5,11-12H,6-10H2,1-3H3. The van der Waals surface area contributed by atoms with E-state index in [9.17, 15) is 4.79 Å². The molecule has 4 nitrogen and oxygen atoms in total. The van der Waals surface area contributed by atoms with Crippen LogP contribution in [0.4, 0.5) is 4.79 Å². The molecule has 1 fully saturated rings. The van der Waals surface area contributed by atoms with Crippen LogP contribution in [0.1, 0.15) is 39.3 Å². The maximum atomic E-state index is 12.0. The maximum Gasteiger partial charge on any atom is 0.410 e. The Balaban J connectivity index is 1.80. The predicted octanol–water partition coefficient (Wildman–Crippen LogP) is 4.03. The van der Waals surface area contributed by atoms with Crippen LogP contribution in [0, 0.1) is 5.92 Å². The van der Waals surface area contributed by atoms with Gasteiger partial charge in [0.1, 0.15) is 5.60 Å². The first-order valence-corrected chi connectivity index (χ1v) is 8.21. The normalized spacial score (nSPS) is 16.9. The Morgan fingerprint density at radius 1 is 1.38 bits per heavy atom. The van der Waals surface area contributed by atoms with E-state index in [4.69, 9.17) is 4.74 Å². The predicted molar refractivity (Wildman–Crippen MR) is 86.2 cm³/mol. The molecule has 0 aliphatic carbocycles. The second kappa shape index (κ2) is 6.77. The molecule has 1 saturated heterocycles. The Labute approximate surface area is 135 Å². The monoisotopic (exact) mass is 354 g/mol. The second-order valence-electron chi connectivity index (χ2n) is 6.58. The van der Waals surface area contributed by atoms with E-state index in [1.165, 1.54) is 0 Å². The highest BCUT2D eigenvalue weighted by molar-refractivity contribution is 9.10. The Hall–Kier alpha value is -1.10. The van der Waals surface area contributed by atoms with Crippen LogP contribution in [-0.2, 0) is 11.2 Å². The van der Waals surface area contributed by atoms with Crippen LogP contribution in [0.2, 0.25) is 0 Å². The lowest BCUT2D eigenvalue weighted by Crippen LogP contribution is -2.42. The first-order chi connectivity index (χ1) is 9.83. The quantitative estimate of drug-likeness (QED) is 0.804. The fourth-order valence-corrected chi connectivity index (χ4v) is 2.70. The summed E-state index contributed by atoms with van der Waals surface area (Å²) in [5.74, 6) is 0.595. The van der Waals surface area contributed by atoms with Crippen molar-refractivity contribution in [3.63, 3.8) is 0 Å². The van der Waals surface area contributed by atoms with Crippen molar-refractivity contribution in [3.8, 4) is 0 Å². The Kier molecular flexibility index (Phi) is 5.25. The third kappa shape index (κ3) is 5.30. The number of ether oxygens (including phenoxy) is 1. The number of aromatic nitrogens is 1. The van der Waals surface area contributed by atoms with E-state index in [1.54, 1.807) is 0 Å². The summed E-state index contributed by atoms with van der Waals surface area (Å²) in [7, 11) is 0. The van der Waals surface area contributed by atoms with Crippen LogP contribution in [0.5, 0.6) is 0 Å². The van der Waals surface area contributed by atoms with Gasteiger partial charge in [-0.1, -0.05) is 0 Å². The van der Waals surface area contributed by atoms with Gasteiger partial charge in [-0.2, -0.15) is 0 Å². The van der Waals surface area contributed by atoms with Crippen molar-refractivity contribution in [1.29, 1.82) is 0 Å². The van der Waals surface area contributed by atoms with Crippen molar-refractivity contribution in [3.05, 3.63) is 28.5 Å². The fourth-order valence-electron chi connectivity index (χ4n) is 2.47. The van der Waals surface area contributed by atoms with Crippen LogP contribution in [-0.4, -0.2) is 34.7 Å². The summed E-state index contributed by atoms with van der Waals surface area (Å²) in [6, 6.07) is 4.09. The molecule has 21 heavy (non-hydrogen) atoms. The summed E-state index contributed by atoms with van der Waals surface area (Å²) >= 11 is 3.40. The number of pyridine rings is 1. The number of hydrogen-bond acceptors (Lipinski definition) is 3. The van der Waals surface area contributed by atoms with Gasteiger partial charge in [-0.25, -0.2) is 4.79 Å². The number of carbonyl (C=O) groups excluding carboxylic acids is 1. The van der Waals surface area contributed by atoms with E-state index in [1.807, 2.05) is 37.9 Å². The van der Waals surface area contributed by atoms with Crippen molar-refractivity contribution in [1.82, 2.24) is 9.88 Å². The highest BCUT2D eigenvalue weighted by atomic mass is 79.9. The molecule has 2 heterocycles. The molecule has 1 aromatic rings. The molecule has 0 aromatic carbocycles. The molecule has 0 unspecified atom stereocenters. The average molecular weight is 355 g/mol. The maximum absolute atomic E-state index is 12.0. The van der Waals surface area contributed by atoms with Crippen molar-refractivity contribution in [2.45, 2.75) is 45.6 Å². The van der Waals surface area contributed by atoms with Crippen LogP contribution in [0.3, 0.4) is 0 Å². The van der Waals surface area contributed by atoms with Gasteiger partial charge in [0.25, 0.3) is 0 Å². The zero-order chi connectivity index (χ0) is 15.5. The van der Waals surface area contributed by atoms with E-state index in [-0.39, 0.29) is 6.09 Å². The van der Waals surface area contributed by atoms with Gasteiger partial charge in [0.15, 0.2) is 0 Å². The molecule has 0 atom stereocenters. The summed E-state index contributed by atoms with van der Waals surface area (Å²) in [6.07, 6.45) is 4.65. The molecule has 116 valence electrons. The van der Waals surface area contributed by atoms with Gasteiger partial charge < -0.3 is 9.64 Å². The van der Waals surface area contributed by atoms with E-state index in [0.717, 1.165) is 42.5 Å². The Bertz CT molecular complexity index is 474. The molecule has 1 aromatic heterocycles. The van der Waals surface area contributed by atoms with E-state index < -0.39 is 5.60 Å². The van der Waals surface area contributed by atoms with Gasteiger partial charge in [-0.05, 0) is 74.0 Å². The molecular weight excluding hydrogens is 332 g/mol. The van der Waals surface area contributed by atoms with Crippen molar-refractivity contribution in [2.24, 2.45) is 5.92 Å². The highest BCUT2D eigenvalue weighted by Crippen LogP contribution is 2.23. The number of amides is 1. The van der Waals surface area contributed by atoms with E-state index in [2.05, 4.69) is 27.0 Å². The molecule has 0 N–H and O–H groups in total. The first kappa shape index (κ1) is 16.3. The second-order valence-corrected chi connectivity index (χ2v) is 7.50. The number of halogens is 1. The summed E-state index contributed by atoms with van der Waals surface area (Å²) < 4.78 is 6.42. The first-order valence-electron chi connectivity index (χ1n) is 7.42. The van der Waals surface area contributed by atoms with Gasteiger partial charge >= 0.3 is 6.09 Å². The number of piperidine rings is 1. The zero-order valence-corrected chi connectivity index (χ0v) is 14.5. The smallest absolute Gasteiger partial charge is 0.410 e. The number of nitrogens with zero attached hydrogens (tertiary/aromatic N) is 2. The Morgan fingerprint density at radius 3 is 2.57 bits per heavy atom. The fraction of sp³-hybridized carbons (Fsp3) is 0.625. The van der Waals surface area contributed by atoms with E-state index in [0.29, 0.717) is 5.92 Å². The zero-order valence-electron chi connectivity index (χ0n) is 12.9. The summed E-state index contributed by atoms with van der Waals surface area (Å²) in [4.78, 5) is 18.2. The van der Waals surface area contributed by atoms with Gasteiger partial charge in [-0.3, -0.25) is 4.98 Å². The van der Waals surface area contributed by atoms with Gasteiger partial charge in [0, 0.05) is 29.5 Å². The molecular formula is C16H23BrN2O2. The molecule has 0 radical (unpaired) electrons. The van der Waals surface area contributed by atoms with Crippen molar-refractivity contribution < 1.29 is 9.53 Å². The molecule has 5 heteroatoms.